The van der Waals surface area contributed by atoms with Gasteiger partial charge < -0.3 is 10.4 Å². The van der Waals surface area contributed by atoms with Crippen LogP contribution < -0.4 is 5.32 Å². The smallest absolute Gasteiger partial charge is 0.0319 e. The Bertz CT molecular complexity index is 60.9. The minimum atomic E-state index is 0.837. The van der Waals surface area contributed by atoms with Crippen molar-refractivity contribution in [2.24, 2.45) is 0 Å². The summed E-state index contributed by atoms with van der Waals surface area (Å²) in [5, 5.41) is 10.3. The summed E-state index contributed by atoms with van der Waals surface area (Å²) in [6.45, 7) is 4.00. The van der Waals surface area contributed by atoms with Crippen molar-refractivity contribution in [2.45, 2.75) is 52.0 Å². The summed E-state index contributed by atoms with van der Waals surface area (Å²) in [5.74, 6) is 0. The number of rotatable bonds is 1. The molecule has 1 rings (SSSR count). The van der Waals surface area contributed by atoms with Gasteiger partial charge in [0.05, 0.1) is 0 Å². The molecule has 1 aliphatic carbocycles. The van der Waals surface area contributed by atoms with Gasteiger partial charge in [-0.15, -0.1) is 0 Å². The molecular weight excluding hydrogens is 150 g/mol. The van der Waals surface area contributed by atoms with Crippen LogP contribution in [0.25, 0.3) is 0 Å². The molecule has 0 unspecified atom stereocenters. The van der Waals surface area contributed by atoms with Gasteiger partial charge in [-0.05, 0) is 19.9 Å². The molecule has 0 aromatic carbocycles. The number of aliphatic hydroxyl groups is 1. The molecule has 12 heavy (non-hydrogen) atoms. The second kappa shape index (κ2) is 13.5. The Morgan fingerprint density at radius 3 is 1.67 bits per heavy atom. The first-order valence-corrected chi connectivity index (χ1v) is 5.05. The first kappa shape index (κ1) is 14.4. The third-order valence-electron chi connectivity index (χ3n) is 2.01. The Balaban J connectivity index is 0. The van der Waals surface area contributed by atoms with Crippen LogP contribution in [0.5, 0.6) is 0 Å². The summed E-state index contributed by atoms with van der Waals surface area (Å²) >= 11 is 0. The van der Waals surface area contributed by atoms with E-state index in [2.05, 4.69) is 12.4 Å². The molecule has 2 N–H and O–H groups in total. The average molecular weight is 175 g/mol. The molecule has 0 amide bonds. The van der Waals surface area contributed by atoms with Crippen molar-refractivity contribution >= 4 is 0 Å². The Morgan fingerprint density at radius 2 is 1.42 bits per heavy atom. The van der Waals surface area contributed by atoms with E-state index in [-0.39, 0.29) is 0 Å². The maximum atomic E-state index is 7.00. The lowest BCUT2D eigenvalue weighted by Crippen LogP contribution is -2.26. The van der Waals surface area contributed by atoms with E-state index >= 15 is 0 Å². The summed E-state index contributed by atoms with van der Waals surface area (Å²) in [5.41, 5.74) is 0. The SMILES string of the molecule is CC.CNC1CCCCC1.CO. The fraction of sp³-hybridized carbons (Fsp3) is 1.00. The molecule has 2 heteroatoms. The number of aliphatic hydroxyl groups excluding tert-OH is 1. The molecule has 0 spiro atoms. The van der Waals surface area contributed by atoms with Gasteiger partial charge in [0.25, 0.3) is 0 Å². The number of hydrogen-bond acceptors (Lipinski definition) is 2. The molecule has 1 aliphatic rings. The van der Waals surface area contributed by atoms with Gasteiger partial charge in [0.1, 0.15) is 0 Å². The van der Waals surface area contributed by atoms with E-state index in [1.807, 2.05) is 13.8 Å². The van der Waals surface area contributed by atoms with Crippen LogP contribution in [0, 0.1) is 0 Å². The highest BCUT2D eigenvalue weighted by molar-refractivity contribution is 4.68. The quantitative estimate of drug-likeness (QED) is 0.640. The predicted octanol–water partition coefficient (Wildman–Crippen LogP) is 2.17. The standard InChI is InChI=1S/C7H15N.C2H6.CH4O/c1-8-7-5-3-2-4-6-7;2*1-2/h7-8H,2-6H2,1H3;1-2H3;2H,1H3. The third kappa shape index (κ3) is 8.02. The molecular formula is C10H25NO. The molecule has 0 radical (unpaired) electrons. The lowest BCUT2D eigenvalue weighted by molar-refractivity contribution is 0.394. The van der Waals surface area contributed by atoms with Crippen molar-refractivity contribution < 1.29 is 5.11 Å². The van der Waals surface area contributed by atoms with E-state index in [0.717, 1.165) is 13.2 Å². The van der Waals surface area contributed by atoms with Crippen molar-refractivity contribution in [2.75, 3.05) is 14.2 Å². The topological polar surface area (TPSA) is 32.3 Å². The van der Waals surface area contributed by atoms with Crippen LogP contribution in [0.1, 0.15) is 46.0 Å². The summed E-state index contributed by atoms with van der Waals surface area (Å²) in [6.07, 6.45) is 7.13. The highest BCUT2D eigenvalue weighted by Gasteiger charge is 2.09. The van der Waals surface area contributed by atoms with Crippen molar-refractivity contribution in [3.05, 3.63) is 0 Å². The van der Waals surface area contributed by atoms with Gasteiger partial charge in [0, 0.05) is 13.2 Å². The van der Waals surface area contributed by atoms with Crippen LogP contribution in [0.3, 0.4) is 0 Å². The van der Waals surface area contributed by atoms with Crippen molar-refractivity contribution in [3.63, 3.8) is 0 Å². The maximum absolute atomic E-state index is 7.00. The van der Waals surface area contributed by atoms with Crippen molar-refractivity contribution in [1.82, 2.24) is 5.32 Å². The molecule has 0 atom stereocenters. The minimum Gasteiger partial charge on any atom is -0.400 e. The van der Waals surface area contributed by atoms with Gasteiger partial charge >= 0.3 is 0 Å². The van der Waals surface area contributed by atoms with Gasteiger partial charge in [0.2, 0.25) is 0 Å². The van der Waals surface area contributed by atoms with Gasteiger partial charge in [-0.1, -0.05) is 33.1 Å². The molecule has 2 nitrogen and oxygen atoms in total. The van der Waals surface area contributed by atoms with E-state index in [9.17, 15) is 0 Å². The second-order valence-corrected chi connectivity index (χ2v) is 2.62. The largest absolute Gasteiger partial charge is 0.400 e. The summed E-state index contributed by atoms with van der Waals surface area (Å²) < 4.78 is 0. The second-order valence-electron chi connectivity index (χ2n) is 2.62. The fourth-order valence-corrected chi connectivity index (χ4v) is 1.39. The zero-order chi connectivity index (χ0) is 9.82. The van der Waals surface area contributed by atoms with E-state index in [4.69, 9.17) is 5.11 Å². The number of nitrogens with one attached hydrogen (secondary N) is 1. The Labute approximate surface area is 77.4 Å². The van der Waals surface area contributed by atoms with Crippen LogP contribution in [0.2, 0.25) is 0 Å². The van der Waals surface area contributed by atoms with Crippen LogP contribution in [0.15, 0.2) is 0 Å². The zero-order valence-corrected chi connectivity index (χ0v) is 9.06. The zero-order valence-electron chi connectivity index (χ0n) is 9.06. The van der Waals surface area contributed by atoms with Crippen molar-refractivity contribution in [1.29, 1.82) is 0 Å². The van der Waals surface area contributed by atoms with Gasteiger partial charge in [0.15, 0.2) is 0 Å². The van der Waals surface area contributed by atoms with Crippen molar-refractivity contribution in [3.8, 4) is 0 Å². The molecule has 0 heterocycles. The van der Waals surface area contributed by atoms with Crippen LogP contribution >= 0.6 is 0 Å². The summed E-state index contributed by atoms with van der Waals surface area (Å²) in [7, 11) is 3.07. The van der Waals surface area contributed by atoms with Gasteiger partial charge in [-0.3, -0.25) is 0 Å². The first-order valence-electron chi connectivity index (χ1n) is 5.05. The van der Waals surface area contributed by atoms with Crippen LogP contribution in [0.4, 0.5) is 0 Å². The lowest BCUT2D eigenvalue weighted by atomic mass is 9.96. The Hall–Kier alpha value is -0.0800. The number of hydrogen-bond donors (Lipinski definition) is 2. The third-order valence-corrected chi connectivity index (χ3v) is 2.01. The highest BCUT2D eigenvalue weighted by atomic mass is 16.2. The molecule has 0 aromatic heterocycles. The predicted molar refractivity (Wildman–Crippen MR) is 55.4 cm³/mol. The molecule has 76 valence electrons. The molecule has 0 aromatic rings. The molecule has 0 bridgehead atoms. The normalized spacial score (nSPS) is 16.8. The highest BCUT2D eigenvalue weighted by Crippen LogP contribution is 2.16. The Kier molecular flexibility index (Phi) is 16.3. The Morgan fingerprint density at radius 1 is 1.00 bits per heavy atom. The minimum absolute atomic E-state index is 0.837. The average Bonchev–Trinajstić information content (AvgIpc) is 2.25. The molecule has 0 aliphatic heterocycles. The van der Waals surface area contributed by atoms with Crippen LogP contribution in [-0.4, -0.2) is 25.3 Å². The van der Waals surface area contributed by atoms with Crippen LogP contribution in [-0.2, 0) is 0 Å². The fourth-order valence-electron chi connectivity index (χ4n) is 1.39. The van der Waals surface area contributed by atoms with E-state index in [1.165, 1.54) is 32.1 Å². The summed E-state index contributed by atoms with van der Waals surface area (Å²) in [6, 6.07) is 0.837. The lowest BCUT2D eigenvalue weighted by Gasteiger charge is -2.20. The maximum Gasteiger partial charge on any atom is 0.0319 e. The molecule has 0 saturated heterocycles. The first-order chi connectivity index (χ1) is 5.93. The van der Waals surface area contributed by atoms with E-state index in [1.54, 1.807) is 0 Å². The van der Waals surface area contributed by atoms with Gasteiger partial charge in [-0.2, -0.15) is 0 Å². The monoisotopic (exact) mass is 175 g/mol. The molecule has 1 fully saturated rings. The van der Waals surface area contributed by atoms with Gasteiger partial charge in [-0.25, -0.2) is 0 Å². The molecule has 1 saturated carbocycles. The summed E-state index contributed by atoms with van der Waals surface area (Å²) in [4.78, 5) is 0. The van der Waals surface area contributed by atoms with E-state index in [0.29, 0.717) is 0 Å². The van der Waals surface area contributed by atoms with E-state index < -0.39 is 0 Å².